The van der Waals surface area contributed by atoms with Crippen LogP contribution in [0.1, 0.15) is 5.56 Å². The van der Waals surface area contributed by atoms with Crippen molar-refractivity contribution in [3.8, 4) is 22.3 Å². The lowest BCUT2D eigenvalue weighted by molar-refractivity contribution is 1.23. The first kappa shape index (κ1) is 11.3. The SMILES string of the molecule is Cc1ccccc1-c1cccc2c1[N]c1ccccc1-2. The van der Waals surface area contributed by atoms with Gasteiger partial charge in [0, 0.05) is 16.7 Å². The predicted octanol–water partition coefficient (Wildman–Crippen LogP) is 5.21. The molecule has 1 radical (unpaired) electrons. The molecule has 1 nitrogen and oxygen atoms in total. The van der Waals surface area contributed by atoms with Crippen LogP contribution in [0.25, 0.3) is 22.3 Å². The topological polar surface area (TPSA) is 14.1 Å². The van der Waals surface area contributed by atoms with Crippen molar-refractivity contribution in [3.63, 3.8) is 0 Å². The van der Waals surface area contributed by atoms with E-state index in [-0.39, 0.29) is 0 Å². The zero-order valence-corrected chi connectivity index (χ0v) is 11.3. The minimum absolute atomic E-state index is 1.07. The van der Waals surface area contributed by atoms with Crippen LogP contribution < -0.4 is 5.32 Å². The van der Waals surface area contributed by atoms with E-state index in [0.717, 1.165) is 11.4 Å². The molecule has 0 amide bonds. The third-order valence-corrected chi connectivity index (χ3v) is 3.90. The van der Waals surface area contributed by atoms with E-state index in [1.54, 1.807) is 0 Å². The molecule has 0 unspecified atom stereocenters. The van der Waals surface area contributed by atoms with Crippen LogP contribution in [0.4, 0.5) is 11.4 Å². The smallest absolute Gasteiger partial charge is 0.0794 e. The summed E-state index contributed by atoms with van der Waals surface area (Å²) in [6.07, 6.45) is 0. The van der Waals surface area contributed by atoms with Crippen molar-refractivity contribution in [1.29, 1.82) is 0 Å². The van der Waals surface area contributed by atoms with Crippen molar-refractivity contribution in [2.75, 3.05) is 0 Å². The van der Waals surface area contributed by atoms with Gasteiger partial charge in [0.1, 0.15) is 0 Å². The number of rotatable bonds is 1. The summed E-state index contributed by atoms with van der Waals surface area (Å²) in [7, 11) is 0. The molecule has 1 heterocycles. The van der Waals surface area contributed by atoms with Gasteiger partial charge in [-0.1, -0.05) is 60.7 Å². The normalized spacial score (nSPS) is 11.7. The maximum absolute atomic E-state index is 4.83. The second-order valence-electron chi connectivity index (χ2n) is 5.15. The lowest BCUT2D eigenvalue weighted by Gasteiger charge is -2.10. The maximum Gasteiger partial charge on any atom is 0.0794 e. The number of para-hydroxylation sites is 2. The van der Waals surface area contributed by atoms with E-state index in [2.05, 4.69) is 67.6 Å². The molecule has 1 heteroatoms. The highest BCUT2D eigenvalue weighted by Crippen LogP contribution is 2.47. The highest BCUT2D eigenvalue weighted by molar-refractivity contribution is 5.98. The third-order valence-electron chi connectivity index (χ3n) is 3.90. The molecule has 0 aliphatic carbocycles. The van der Waals surface area contributed by atoms with Gasteiger partial charge in [0.15, 0.2) is 0 Å². The van der Waals surface area contributed by atoms with Crippen LogP contribution in [-0.2, 0) is 0 Å². The Labute approximate surface area is 118 Å². The van der Waals surface area contributed by atoms with E-state index in [4.69, 9.17) is 5.32 Å². The molecule has 0 fully saturated rings. The lowest BCUT2D eigenvalue weighted by atomic mass is 9.96. The van der Waals surface area contributed by atoms with Gasteiger partial charge in [0.05, 0.1) is 11.4 Å². The highest BCUT2D eigenvalue weighted by Gasteiger charge is 2.22. The van der Waals surface area contributed by atoms with Gasteiger partial charge in [-0.25, -0.2) is 5.32 Å². The zero-order valence-electron chi connectivity index (χ0n) is 11.3. The van der Waals surface area contributed by atoms with Crippen molar-refractivity contribution >= 4 is 11.4 Å². The number of hydrogen-bond acceptors (Lipinski definition) is 0. The van der Waals surface area contributed by atoms with Crippen molar-refractivity contribution in [1.82, 2.24) is 5.32 Å². The van der Waals surface area contributed by atoms with Crippen molar-refractivity contribution < 1.29 is 0 Å². The number of aryl methyl sites for hydroxylation is 1. The summed E-state index contributed by atoms with van der Waals surface area (Å²) < 4.78 is 0. The first-order chi connectivity index (χ1) is 9.84. The van der Waals surface area contributed by atoms with Crippen LogP contribution in [0.5, 0.6) is 0 Å². The molecule has 3 aromatic carbocycles. The van der Waals surface area contributed by atoms with Crippen LogP contribution in [0.2, 0.25) is 0 Å². The Morgan fingerprint density at radius 3 is 2.00 bits per heavy atom. The molecule has 0 saturated carbocycles. The molecule has 0 aromatic heterocycles. The number of nitrogens with zero attached hydrogens (tertiary/aromatic N) is 1. The van der Waals surface area contributed by atoms with Crippen LogP contribution in [0.3, 0.4) is 0 Å². The van der Waals surface area contributed by atoms with E-state index in [1.807, 2.05) is 6.07 Å². The molecule has 0 N–H and O–H groups in total. The second-order valence-corrected chi connectivity index (χ2v) is 5.15. The standard InChI is InChI=1S/C19H14N/c1-13-7-2-3-8-14(13)16-10-6-11-17-15-9-4-5-12-18(15)20-19(16)17/h2-12H,1H3. The Morgan fingerprint density at radius 2 is 1.20 bits per heavy atom. The summed E-state index contributed by atoms with van der Waals surface area (Å²) in [4.78, 5) is 0. The quantitative estimate of drug-likeness (QED) is 0.444. The maximum atomic E-state index is 4.83. The third kappa shape index (κ3) is 1.56. The van der Waals surface area contributed by atoms with Gasteiger partial charge >= 0.3 is 0 Å². The second kappa shape index (κ2) is 4.24. The predicted molar refractivity (Wildman–Crippen MR) is 83.5 cm³/mol. The summed E-state index contributed by atoms with van der Waals surface area (Å²) >= 11 is 0. The van der Waals surface area contributed by atoms with E-state index >= 15 is 0 Å². The monoisotopic (exact) mass is 256 g/mol. The van der Waals surface area contributed by atoms with E-state index in [1.165, 1.54) is 27.8 Å². The molecular formula is C19H14N. The summed E-state index contributed by atoms with van der Waals surface area (Å²) in [5.74, 6) is 0. The minimum atomic E-state index is 1.07. The largest absolute Gasteiger partial charge is 0.247 e. The van der Waals surface area contributed by atoms with Gasteiger partial charge in [-0.05, 0) is 24.1 Å². The zero-order chi connectivity index (χ0) is 13.5. The van der Waals surface area contributed by atoms with Gasteiger partial charge in [-0.15, -0.1) is 0 Å². The summed E-state index contributed by atoms with van der Waals surface area (Å²) in [6.45, 7) is 2.15. The molecule has 0 spiro atoms. The molecule has 0 bridgehead atoms. The summed E-state index contributed by atoms with van der Waals surface area (Å²) in [6, 6.07) is 23.3. The van der Waals surface area contributed by atoms with Gasteiger partial charge < -0.3 is 0 Å². The molecule has 0 saturated heterocycles. The Morgan fingerprint density at radius 1 is 0.600 bits per heavy atom. The average molecular weight is 256 g/mol. The van der Waals surface area contributed by atoms with Crippen molar-refractivity contribution in [2.45, 2.75) is 6.92 Å². The van der Waals surface area contributed by atoms with Crippen molar-refractivity contribution in [3.05, 3.63) is 72.3 Å². The summed E-state index contributed by atoms with van der Waals surface area (Å²) in [5, 5.41) is 4.83. The van der Waals surface area contributed by atoms with Crippen LogP contribution >= 0.6 is 0 Å². The van der Waals surface area contributed by atoms with Gasteiger partial charge in [0.25, 0.3) is 0 Å². The molecule has 4 rings (SSSR count). The van der Waals surface area contributed by atoms with Gasteiger partial charge in [0.2, 0.25) is 0 Å². The van der Waals surface area contributed by atoms with Crippen LogP contribution in [-0.4, -0.2) is 0 Å². The molecule has 1 aliphatic rings. The van der Waals surface area contributed by atoms with E-state index in [0.29, 0.717) is 0 Å². The Balaban J connectivity index is 1.97. The first-order valence-corrected chi connectivity index (χ1v) is 6.85. The highest BCUT2D eigenvalue weighted by atomic mass is 14.9. The minimum Gasteiger partial charge on any atom is -0.247 e. The Kier molecular flexibility index (Phi) is 2.40. The molecule has 3 aromatic rings. The van der Waals surface area contributed by atoms with Crippen LogP contribution in [0.15, 0.2) is 66.7 Å². The van der Waals surface area contributed by atoms with E-state index < -0.39 is 0 Å². The summed E-state index contributed by atoms with van der Waals surface area (Å²) in [5.41, 5.74) is 8.41. The lowest BCUT2D eigenvalue weighted by Crippen LogP contribution is -1.89. The molecule has 20 heavy (non-hydrogen) atoms. The average Bonchev–Trinajstić information content (AvgIpc) is 2.86. The molecular weight excluding hydrogens is 242 g/mol. The molecule has 1 aliphatic heterocycles. The fourth-order valence-electron chi connectivity index (χ4n) is 2.89. The van der Waals surface area contributed by atoms with Crippen molar-refractivity contribution in [2.24, 2.45) is 0 Å². The number of benzene rings is 3. The van der Waals surface area contributed by atoms with Gasteiger partial charge in [-0.3, -0.25) is 0 Å². The molecule has 0 atom stereocenters. The Bertz CT molecular complexity index is 802. The number of fused-ring (bicyclic) bond motifs is 3. The van der Waals surface area contributed by atoms with Gasteiger partial charge in [-0.2, -0.15) is 0 Å². The first-order valence-electron chi connectivity index (χ1n) is 6.85. The fraction of sp³-hybridized carbons (Fsp3) is 0.0526. The number of hydrogen-bond donors (Lipinski definition) is 0. The molecule has 95 valence electrons. The van der Waals surface area contributed by atoms with E-state index in [9.17, 15) is 0 Å². The fourth-order valence-corrected chi connectivity index (χ4v) is 2.89. The Hall–Kier alpha value is -2.54. The van der Waals surface area contributed by atoms with Crippen LogP contribution in [0, 0.1) is 6.92 Å².